The first kappa shape index (κ1) is 24.7. The molecular formula is C27H37N5O4. The van der Waals surface area contributed by atoms with Crippen molar-refractivity contribution < 1.29 is 19.4 Å². The highest BCUT2D eigenvalue weighted by Crippen LogP contribution is 2.34. The molecule has 194 valence electrons. The Balaban J connectivity index is 1.00. The molecule has 0 aromatic carbocycles. The van der Waals surface area contributed by atoms with Crippen molar-refractivity contribution in [1.82, 2.24) is 20.1 Å². The first-order valence-electron chi connectivity index (χ1n) is 13.3. The van der Waals surface area contributed by atoms with E-state index < -0.39 is 12.0 Å². The highest BCUT2D eigenvalue weighted by atomic mass is 16.5. The molecule has 3 N–H and O–H groups in total. The van der Waals surface area contributed by atoms with Gasteiger partial charge in [-0.3, -0.25) is 9.48 Å². The largest absolute Gasteiger partial charge is 0.480 e. The summed E-state index contributed by atoms with van der Waals surface area (Å²) in [7, 11) is 1.88. The fraction of sp³-hybridized carbons (Fsp3) is 0.630. The molecule has 2 atom stereocenters. The number of aliphatic carboxylic acids is 1. The first-order valence-corrected chi connectivity index (χ1v) is 13.3. The van der Waals surface area contributed by atoms with Gasteiger partial charge in [0.2, 0.25) is 5.91 Å². The molecule has 1 fully saturated rings. The van der Waals surface area contributed by atoms with E-state index in [2.05, 4.69) is 27.9 Å². The lowest BCUT2D eigenvalue weighted by molar-refractivity contribution is -0.143. The standard InChI is InChI=1S/C27H37N5O4/c1-32-24-15-19(5-6-20(24)16-29-32)26(33)31-23(27(34)35)10-12-36-22-13-17(14-22)4-8-21-9-7-18-3-2-11-28-25(18)30-21/h7,9,16-17,19,22-23H,2-6,8,10-15H2,1H3,(H,28,30)(H,31,33)(H,34,35)/t17?,19-,22?,23-/m0/s1. The number of aryl methyl sites for hydroxylation is 4. The van der Waals surface area contributed by atoms with Crippen molar-refractivity contribution in [1.29, 1.82) is 0 Å². The van der Waals surface area contributed by atoms with Gasteiger partial charge in [-0.05, 0) is 74.5 Å². The van der Waals surface area contributed by atoms with Gasteiger partial charge in [0.1, 0.15) is 11.9 Å². The average molecular weight is 496 g/mol. The minimum absolute atomic E-state index is 0.180. The van der Waals surface area contributed by atoms with E-state index in [1.807, 2.05) is 17.9 Å². The molecule has 3 aliphatic rings. The van der Waals surface area contributed by atoms with E-state index in [0.717, 1.165) is 62.3 Å². The maximum absolute atomic E-state index is 12.8. The summed E-state index contributed by atoms with van der Waals surface area (Å²) in [6, 6.07) is 3.44. The Bertz CT molecular complexity index is 1090. The van der Waals surface area contributed by atoms with Crippen molar-refractivity contribution in [2.45, 2.75) is 76.4 Å². The van der Waals surface area contributed by atoms with Crippen LogP contribution < -0.4 is 10.6 Å². The van der Waals surface area contributed by atoms with Crippen LogP contribution in [-0.2, 0) is 47.1 Å². The smallest absolute Gasteiger partial charge is 0.326 e. The molecule has 0 bridgehead atoms. The van der Waals surface area contributed by atoms with Gasteiger partial charge in [0.15, 0.2) is 0 Å². The summed E-state index contributed by atoms with van der Waals surface area (Å²) in [5.41, 5.74) is 4.71. The SMILES string of the molecule is Cn1ncc2c1C[C@@H](C(=O)N[C@@H](CCOC1CC(CCc3ccc4c(n3)NCCC4)C1)C(=O)O)CC2. The molecule has 5 rings (SSSR count). The van der Waals surface area contributed by atoms with Crippen LogP contribution in [0, 0.1) is 11.8 Å². The Morgan fingerprint density at radius 2 is 2.14 bits per heavy atom. The molecule has 0 unspecified atom stereocenters. The number of carbonyl (C=O) groups is 2. The number of ether oxygens (including phenoxy) is 1. The van der Waals surface area contributed by atoms with Gasteiger partial charge in [0, 0.05) is 50.3 Å². The average Bonchev–Trinajstić information content (AvgIpc) is 3.23. The number of nitrogens with one attached hydrogen (secondary N) is 2. The van der Waals surface area contributed by atoms with Crippen LogP contribution in [0.4, 0.5) is 5.82 Å². The number of nitrogens with zero attached hydrogens (tertiary/aromatic N) is 3. The summed E-state index contributed by atoms with van der Waals surface area (Å²) < 4.78 is 7.75. The minimum atomic E-state index is -1.01. The zero-order valence-electron chi connectivity index (χ0n) is 21.0. The van der Waals surface area contributed by atoms with E-state index in [-0.39, 0.29) is 24.3 Å². The molecule has 9 heteroatoms. The van der Waals surface area contributed by atoms with Gasteiger partial charge < -0.3 is 20.5 Å². The number of pyridine rings is 1. The van der Waals surface area contributed by atoms with E-state index in [1.54, 1.807) is 0 Å². The molecule has 2 aromatic rings. The Morgan fingerprint density at radius 1 is 1.28 bits per heavy atom. The predicted octanol–water partition coefficient (Wildman–Crippen LogP) is 2.67. The second kappa shape index (κ2) is 11.0. The highest BCUT2D eigenvalue weighted by Gasteiger charge is 2.32. The van der Waals surface area contributed by atoms with Gasteiger partial charge in [-0.2, -0.15) is 5.10 Å². The second-order valence-corrected chi connectivity index (χ2v) is 10.6. The summed E-state index contributed by atoms with van der Waals surface area (Å²) in [5.74, 6) is 0.257. The van der Waals surface area contributed by atoms with E-state index in [4.69, 9.17) is 9.72 Å². The number of carboxylic acid groups (broad SMARTS) is 1. The van der Waals surface area contributed by atoms with Crippen molar-refractivity contribution in [3.05, 3.63) is 40.8 Å². The van der Waals surface area contributed by atoms with Crippen LogP contribution in [0.3, 0.4) is 0 Å². The lowest BCUT2D eigenvalue weighted by atomic mass is 9.79. The zero-order chi connectivity index (χ0) is 25.1. The number of rotatable bonds is 10. The lowest BCUT2D eigenvalue weighted by Gasteiger charge is -2.35. The van der Waals surface area contributed by atoms with Gasteiger partial charge in [-0.25, -0.2) is 9.78 Å². The molecule has 9 nitrogen and oxygen atoms in total. The van der Waals surface area contributed by atoms with Gasteiger partial charge >= 0.3 is 5.97 Å². The molecular weight excluding hydrogens is 458 g/mol. The number of hydrogen-bond donors (Lipinski definition) is 3. The monoisotopic (exact) mass is 495 g/mol. The molecule has 0 radical (unpaired) electrons. The fourth-order valence-electron chi connectivity index (χ4n) is 5.68. The minimum Gasteiger partial charge on any atom is -0.480 e. The molecule has 2 aromatic heterocycles. The van der Waals surface area contributed by atoms with E-state index in [0.29, 0.717) is 25.4 Å². The van der Waals surface area contributed by atoms with Gasteiger partial charge in [0.05, 0.1) is 12.3 Å². The summed E-state index contributed by atoms with van der Waals surface area (Å²) >= 11 is 0. The first-order chi connectivity index (χ1) is 17.5. The predicted molar refractivity (Wildman–Crippen MR) is 135 cm³/mol. The van der Waals surface area contributed by atoms with Gasteiger partial charge in [-0.1, -0.05) is 6.07 Å². The molecule has 0 saturated heterocycles. The summed E-state index contributed by atoms with van der Waals surface area (Å²) in [6.07, 6.45) is 10.8. The molecule has 0 spiro atoms. The number of carboxylic acids is 1. The van der Waals surface area contributed by atoms with Gasteiger partial charge in [0.25, 0.3) is 0 Å². The van der Waals surface area contributed by atoms with Crippen LogP contribution in [0.25, 0.3) is 0 Å². The summed E-state index contributed by atoms with van der Waals surface area (Å²) in [6.45, 7) is 1.34. The van der Waals surface area contributed by atoms with Gasteiger partial charge in [-0.15, -0.1) is 0 Å². The number of carbonyl (C=O) groups excluding carboxylic acids is 1. The quantitative estimate of drug-likeness (QED) is 0.464. The number of amides is 1. The van der Waals surface area contributed by atoms with Crippen LogP contribution in [-0.4, -0.2) is 57.0 Å². The van der Waals surface area contributed by atoms with Crippen molar-refractivity contribution in [3.8, 4) is 0 Å². The topological polar surface area (TPSA) is 118 Å². The number of aromatic nitrogens is 3. The molecule has 1 saturated carbocycles. The number of hydrogen-bond acceptors (Lipinski definition) is 6. The van der Waals surface area contributed by atoms with Crippen LogP contribution in [0.1, 0.15) is 61.0 Å². The third-order valence-corrected chi connectivity index (χ3v) is 8.05. The van der Waals surface area contributed by atoms with Crippen LogP contribution >= 0.6 is 0 Å². The molecule has 2 aliphatic carbocycles. The number of anilines is 1. The summed E-state index contributed by atoms with van der Waals surface area (Å²) in [4.78, 5) is 29.3. The third kappa shape index (κ3) is 5.72. The Labute approximate surface area is 212 Å². The molecule has 1 aliphatic heterocycles. The van der Waals surface area contributed by atoms with Crippen molar-refractivity contribution in [3.63, 3.8) is 0 Å². The zero-order valence-corrected chi connectivity index (χ0v) is 21.0. The van der Waals surface area contributed by atoms with Crippen LogP contribution in [0.5, 0.6) is 0 Å². The lowest BCUT2D eigenvalue weighted by Crippen LogP contribution is -2.45. The maximum Gasteiger partial charge on any atom is 0.326 e. The highest BCUT2D eigenvalue weighted by molar-refractivity contribution is 5.85. The van der Waals surface area contributed by atoms with E-state index in [9.17, 15) is 14.7 Å². The van der Waals surface area contributed by atoms with Crippen molar-refractivity contribution >= 4 is 17.7 Å². The third-order valence-electron chi connectivity index (χ3n) is 8.05. The second-order valence-electron chi connectivity index (χ2n) is 10.6. The summed E-state index contributed by atoms with van der Waals surface area (Å²) in [5, 5.41) is 20.0. The van der Waals surface area contributed by atoms with Crippen molar-refractivity contribution in [2.24, 2.45) is 18.9 Å². The normalized spacial score (nSPS) is 23.5. The number of fused-ring (bicyclic) bond motifs is 2. The Hall–Kier alpha value is -2.94. The molecule has 3 heterocycles. The Kier molecular flexibility index (Phi) is 7.55. The van der Waals surface area contributed by atoms with E-state index >= 15 is 0 Å². The molecule has 1 amide bonds. The Morgan fingerprint density at radius 3 is 2.97 bits per heavy atom. The molecule has 36 heavy (non-hydrogen) atoms. The fourth-order valence-corrected chi connectivity index (χ4v) is 5.68. The van der Waals surface area contributed by atoms with Crippen LogP contribution in [0.2, 0.25) is 0 Å². The van der Waals surface area contributed by atoms with Crippen molar-refractivity contribution in [2.75, 3.05) is 18.5 Å². The van der Waals surface area contributed by atoms with E-state index in [1.165, 1.54) is 17.5 Å². The van der Waals surface area contributed by atoms with Crippen LogP contribution in [0.15, 0.2) is 18.3 Å². The maximum atomic E-state index is 12.8.